The second-order valence-corrected chi connectivity index (χ2v) is 7.15. The average molecular weight is 337 g/mol. The Morgan fingerprint density at radius 3 is 2.43 bits per heavy atom. The fourth-order valence-corrected chi connectivity index (χ4v) is 4.48. The van der Waals surface area contributed by atoms with Crippen molar-refractivity contribution >= 4 is 21.6 Å². The number of methoxy groups -OCH3 is 1. The van der Waals surface area contributed by atoms with Crippen LogP contribution in [0.5, 0.6) is 0 Å². The second kappa shape index (κ2) is 8.17. The standard InChI is InChI=1S/C14H25ClN2O3S/c1-5-12(6-2)17(7-8-20-4)21(18,19)14-9-13(10-15)16(3)11-14/h9,11-12H,5-8,10H2,1-4H3. The van der Waals surface area contributed by atoms with Crippen LogP contribution in [0.15, 0.2) is 17.2 Å². The Bertz CT molecular complexity index is 538. The van der Waals surface area contributed by atoms with Crippen LogP contribution in [-0.2, 0) is 27.7 Å². The molecular weight excluding hydrogens is 312 g/mol. The molecule has 0 aliphatic rings. The van der Waals surface area contributed by atoms with E-state index in [2.05, 4.69) is 0 Å². The molecule has 0 aromatic carbocycles. The normalized spacial score (nSPS) is 12.5. The van der Waals surface area contributed by atoms with Crippen molar-refractivity contribution in [2.24, 2.45) is 7.05 Å². The van der Waals surface area contributed by atoms with E-state index in [1.54, 1.807) is 35.3 Å². The Labute approximate surface area is 132 Å². The van der Waals surface area contributed by atoms with E-state index in [9.17, 15) is 8.42 Å². The maximum absolute atomic E-state index is 12.9. The first-order valence-electron chi connectivity index (χ1n) is 7.14. The Morgan fingerprint density at radius 1 is 1.38 bits per heavy atom. The molecule has 0 bridgehead atoms. The number of ether oxygens (including phenoxy) is 1. The highest BCUT2D eigenvalue weighted by Gasteiger charge is 2.30. The molecule has 0 aliphatic carbocycles. The van der Waals surface area contributed by atoms with Gasteiger partial charge >= 0.3 is 0 Å². The first-order chi connectivity index (χ1) is 9.92. The minimum atomic E-state index is -3.53. The molecule has 0 amide bonds. The highest BCUT2D eigenvalue weighted by molar-refractivity contribution is 7.89. The smallest absolute Gasteiger partial charge is 0.244 e. The monoisotopic (exact) mass is 336 g/mol. The van der Waals surface area contributed by atoms with Crippen LogP contribution in [0.25, 0.3) is 0 Å². The highest BCUT2D eigenvalue weighted by atomic mass is 35.5. The summed E-state index contributed by atoms with van der Waals surface area (Å²) in [6.07, 6.45) is 3.17. The Balaban J connectivity index is 3.18. The fourth-order valence-electron chi connectivity index (χ4n) is 2.36. The average Bonchev–Trinajstić information content (AvgIpc) is 2.85. The third-order valence-electron chi connectivity index (χ3n) is 3.69. The van der Waals surface area contributed by atoms with Crippen molar-refractivity contribution in [3.05, 3.63) is 18.0 Å². The van der Waals surface area contributed by atoms with Gasteiger partial charge < -0.3 is 9.30 Å². The van der Waals surface area contributed by atoms with Gasteiger partial charge in [0.1, 0.15) is 4.90 Å². The van der Waals surface area contributed by atoms with Crippen molar-refractivity contribution in [2.45, 2.75) is 43.5 Å². The lowest BCUT2D eigenvalue weighted by Crippen LogP contribution is -2.41. The predicted molar refractivity (Wildman–Crippen MR) is 85.1 cm³/mol. The zero-order valence-corrected chi connectivity index (χ0v) is 14.7. The van der Waals surface area contributed by atoms with Gasteiger partial charge in [0.05, 0.1) is 12.5 Å². The number of halogens is 1. The van der Waals surface area contributed by atoms with Gasteiger partial charge in [-0.3, -0.25) is 0 Å². The molecular formula is C14H25ClN2O3S. The van der Waals surface area contributed by atoms with Crippen LogP contribution >= 0.6 is 11.6 Å². The van der Waals surface area contributed by atoms with Crippen LogP contribution in [-0.4, -0.2) is 43.6 Å². The quantitative estimate of drug-likeness (QED) is 0.651. The lowest BCUT2D eigenvalue weighted by atomic mass is 10.2. The highest BCUT2D eigenvalue weighted by Crippen LogP contribution is 2.23. The molecule has 21 heavy (non-hydrogen) atoms. The van der Waals surface area contributed by atoms with Crippen LogP contribution in [0.4, 0.5) is 0 Å². The van der Waals surface area contributed by atoms with E-state index in [0.717, 1.165) is 18.5 Å². The molecule has 1 rings (SSSR count). The van der Waals surface area contributed by atoms with Crippen LogP contribution in [0.3, 0.4) is 0 Å². The summed E-state index contributed by atoms with van der Waals surface area (Å²) in [5.74, 6) is 0.287. The van der Waals surface area contributed by atoms with Crippen LogP contribution in [0.1, 0.15) is 32.4 Å². The number of rotatable bonds is 9. The number of alkyl halides is 1. The molecule has 0 aliphatic heterocycles. The molecule has 0 fully saturated rings. The molecule has 0 N–H and O–H groups in total. The minimum absolute atomic E-state index is 0.0233. The zero-order valence-electron chi connectivity index (χ0n) is 13.2. The summed E-state index contributed by atoms with van der Waals surface area (Å²) < 4.78 is 34.1. The van der Waals surface area contributed by atoms with Gasteiger partial charge in [0.2, 0.25) is 10.0 Å². The van der Waals surface area contributed by atoms with Crippen molar-refractivity contribution in [1.29, 1.82) is 0 Å². The second-order valence-electron chi connectivity index (χ2n) is 4.99. The molecule has 0 spiro atoms. The molecule has 1 heterocycles. The molecule has 0 unspecified atom stereocenters. The zero-order chi connectivity index (χ0) is 16.0. The molecule has 0 saturated heterocycles. The van der Waals surface area contributed by atoms with Gasteiger partial charge in [0.15, 0.2) is 0 Å². The number of sulfonamides is 1. The third-order valence-corrected chi connectivity index (χ3v) is 5.88. The molecule has 0 saturated carbocycles. The lowest BCUT2D eigenvalue weighted by molar-refractivity contribution is 0.163. The van der Waals surface area contributed by atoms with Gasteiger partial charge in [-0.15, -0.1) is 11.6 Å². The molecule has 7 heteroatoms. The van der Waals surface area contributed by atoms with Crippen molar-refractivity contribution in [1.82, 2.24) is 8.87 Å². The summed E-state index contributed by atoms with van der Waals surface area (Å²) >= 11 is 5.83. The Hall–Kier alpha value is -0.560. The third kappa shape index (κ3) is 4.22. The van der Waals surface area contributed by atoms with E-state index >= 15 is 0 Å². The van der Waals surface area contributed by atoms with Gasteiger partial charge in [0, 0.05) is 38.6 Å². The first kappa shape index (κ1) is 18.5. The van der Waals surface area contributed by atoms with E-state index < -0.39 is 10.0 Å². The Morgan fingerprint density at radius 2 is 2.00 bits per heavy atom. The van der Waals surface area contributed by atoms with Gasteiger partial charge in [-0.25, -0.2) is 8.42 Å². The van der Waals surface area contributed by atoms with Crippen molar-refractivity contribution in [2.75, 3.05) is 20.3 Å². The molecule has 5 nitrogen and oxygen atoms in total. The summed E-state index contributed by atoms with van der Waals surface area (Å²) in [6.45, 7) is 4.73. The largest absolute Gasteiger partial charge is 0.383 e. The van der Waals surface area contributed by atoms with Crippen LogP contribution < -0.4 is 0 Å². The summed E-state index contributed by atoms with van der Waals surface area (Å²) in [6, 6.07) is 1.62. The number of hydrogen-bond acceptors (Lipinski definition) is 3. The molecule has 122 valence electrons. The minimum Gasteiger partial charge on any atom is -0.383 e. The number of hydrogen-bond donors (Lipinski definition) is 0. The molecule has 0 atom stereocenters. The summed E-state index contributed by atoms with van der Waals surface area (Å²) in [5, 5.41) is 0. The molecule has 1 aromatic rings. The lowest BCUT2D eigenvalue weighted by Gasteiger charge is -2.29. The maximum atomic E-state index is 12.9. The number of aromatic nitrogens is 1. The van der Waals surface area contributed by atoms with Gasteiger partial charge in [-0.2, -0.15) is 4.31 Å². The number of nitrogens with zero attached hydrogens (tertiary/aromatic N) is 2. The van der Waals surface area contributed by atoms with E-state index in [-0.39, 0.29) is 11.9 Å². The fraction of sp³-hybridized carbons (Fsp3) is 0.714. The SMILES string of the molecule is CCC(CC)N(CCOC)S(=O)(=O)c1cc(CCl)n(C)c1. The Kier molecular flexibility index (Phi) is 7.20. The topological polar surface area (TPSA) is 51.5 Å². The van der Waals surface area contributed by atoms with E-state index in [0.29, 0.717) is 18.0 Å². The number of aryl methyl sites for hydroxylation is 1. The van der Waals surface area contributed by atoms with Crippen molar-refractivity contribution in [3.8, 4) is 0 Å². The van der Waals surface area contributed by atoms with Crippen LogP contribution in [0, 0.1) is 0 Å². The summed E-state index contributed by atoms with van der Waals surface area (Å²) in [4.78, 5) is 0.295. The summed E-state index contributed by atoms with van der Waals surface area (Å²) in [5.41, 5.74) is 0.784. The van der Waals surface area contributed by atoms with E-state index in [4.69, 9.17) is 16.3 Å². The van der Waals surface area contributed by atoms with Crippen molar-refractivity contribution < 1.29 is 13.2 Å². The van der Waals surface area contributed by atoms with Crippen LogP contribution in [0.2, 0.25) is 0 Å². The predicted octanol–water partition coefficient (Wildman–Crippen LogP) is 2.59. The van der Waals surface area contributed by atoms with E-state index in [1.165, 1.54) is 0 Å². The van der Waals surface area contributed by atoms with E-state index in [1.807, 2.05) is 13.8 Å². The summed E-state index contributed by atoms with van der Waals surface area (Å²) in [7, 11) is -0.160. The molecule has 0 radical (unpaired) electrons. The van der Waals surface area contributed by atoms with Gasteiger partial charge in [0.25, 0.3) is 0 Å². The van der Waals surface area contributed by atoms with Crippen molar-refractivity contribution in [3.63, 3.8) is 0 Å². The maximum Gasteiger partial charge on any atom is 0.244 e. The first-order valence-corrected chi connectivity index (χ1v) is 9.11. The molecule has 1 aromatic heterocycles. The van der Waals surface area contributed by atoms with Gasteiger partial charge in [-0.05, 0) is 18.9 Å². The van der Waals surface area contributed by atoms with Gasteiger partial charge in [-0.1, -0.05) is 13.8 Å².